The second-order valence-electron chi connectivity index (χ2n) is 4.13. The molecule has 80 valence electrons. The summed E-state index contributed by atoms with van der Waals surface area (Å²) in [5.74, 6) is 0.570. The second kappa shape index (κ2) is 5.84. The van der Waals surface area contributed by atoms with Crippen LogP contribution in [0.4, 0.5) is 0 Å². The highest BCUT2D eigenvalue weighted by molar-refractivity contribution is 5.71. The van der Waals surface area contributed by atoms with E-state index in [1.54, 1.807) is 0 Å². The maximum atomic E-state index is 11.4. The summed E-state index contributed by atoms with van der Waals surface area (Å²) in [4.78, 5) is 11.4. The van der Waals surface area contributed by atoms with Gasteiger partial charge in [0.1, 0.15) is 0 Å². The van der Waals surface area contributed by atoms with Gasteiger partial charge in [0.15, 0.2) is 0 Å². The van der Waals surface area contributed by atoms with Gasteiger partial charge in [-0.2, -0.15) is 0 Å². The minimum absolute atomic E-state index is 0.0289. The summed E-state index contributed by atoms with van der Waals surface area (Å²) in [6.45, 7) is 4.63. The molecule has 0 N–H and O–H groups in total. The Balaban J connectivity index is 2.13. The van der Waals surface area contributed by atoms with Crippen LogP contribution in [0.3, 0.4) is 0 Å². The van der Waals surface area contributed by atoms with Crippen LogP contribution in [0.15, 0.2) is 12.2 Å². The Hall–Kier alpha value is -0.790. The molecule has 0 saturated heterocycles. The molecule has 0 heterocycles. The van der Waals surface area contributed by atoms with Gasteiger partial charge >= 0.3 is 5.97 Å². The van der Waals surface area contributed by atoms with E-state index in [4.69, 9.17) is 4.74 Å². The first-order valence-electron chi connectivity index (χ1n) is 5.55. The number of carbonyl (C=O) groups is 1. The van der Waals surface area contributed by atoms with Crippen molar-refractivity contribution >= 4 is 5.97 Å². The molecular weight excluding hydrogens is 176 g/mol. The van der Waals surface area contributed by atoms with Crippen LogP contribution in [0, 0.1) is 11.8 Å². The maximum absolute atomic E-state index is 11.4. The molecule has 1 unspecified atom stereocenters. The maximum Gasteiger partial charge on any atom is 0.308 e. The average Bonchev–Trinajstić information content (AvgIpc) is 2.67. The molecule has 0 radical (unpaired) electrons. The van der Waals surface area contributed by atoms with Crippen molar-refractivity contribution in [2.45, 2.75) is 39.5 Å². The standard InChI is InChI=1S/C12H20O2/c1-3-6-10(2)12(13)14-9-11-7-4-5-8-11/h4-5,10-11H,3,6-9H2,1-2H3. The zero-order chi connectivity index (χ0) is 10.4. The van der Waals surface area contributed by atoms with E-state index in [9.17, 15) is 4.79 Å². The summed E-state index contributed by atoms with van der Waals surface area (Å²) in [5, 5.41) is 0. The van der Waals surface area contributed by atoms with E-state index in [0.29, 0.717) is 12.5 Å². The third-order valence-electron chi connectivity index (χ3n) is 2.69. The van der Waals surface area contributed by atoms with Crippen LogP contribution >= 0.6 is 0 Å². The first-order chi connectivity index (χ1) is 6.74. The fraction of sp³-hybridized carbons (Fsp3) is 0.750. The lowest BCUT2D eigenvalue weighted by atomic mass is 10.1. The van der Waals surface area contributed by atoms with Crippen molar-refractivity contribution in [3.63, 3.8) is 0 Å². The molecule has 2 nitrogen and oxygen atoms in total. The van der Waals surface area contributed by atoms with Crippen molar-refractivity contribution in [2.75, 3.05) is 6.61 Å². The first kappa shape index (κ1) is 11.3. The topological polar surface area (TPSA) is 26.3 Å². The van der Waals surface area contributed by atoms with E-state index < -0.39 is 0 Å². The van der Waals surface area contributed by atoms with E-state index in [-0.39, 0.29) is 11.9 Å². The number of hydrogen-bond donors (Lipinski definition) is 0. The van der Waals surface area contributed by atoms with E-state index in [2.05, 4.69) is 19.1 Å². The van der Waals surface area contributed by atoms with Crippen LogP contribution in [0.25, 0.3) is 0 Å². The van der Waals surface area contributed by atoms with Gasteiger partial charge in [0, 0.05) is 0 Å². The molecule has 0 aromatic rings. The average molecular weight is 196 g/mol. The summed E-state index contributed by atoms with van der Waals surface area (Å²) >= 11 is 0. The largest absolute Gasteiger partial charge is 0.465 e. The van der Waals surface area contributed by atoms with Crippen molar-refractivity contribution in [1.82, 2.24) is 0 Å². The number of esters is 1. The molecule has 0 aromatic carbocycles. The van der Waals surface area contributed by atoms with Crippen molar-refractivity contribution in [3.05, 3.63) is 12.2 Å². The molecule has 14 heavy (non-hydrogen) atoms. The van der Waals surface area contributed by atoms with E-state index in [0.717, 1.165) is 25.7 Å². The molecule has 1 aliphatic rings. The molecule has 0 aromatic heterocycles. The highest BCUT2D eigenvalue weighted by Crippen LogP contribution is 2.18. The molecule has 0 bridgehead atoms. The normalized spacial score (nSPS) is 18.4. The van der Waals surface area contributed by atoms with Crippen LogP contribution in [0.5, 0.6) is 0 Å². The third-order valence-corrected chi connectivity index (χ3v) is 2.69. The van der Waals surface area contributed by atoms with Gasteiger partial charge in [-0.05, 0) is 25.2 Å². The highest BCUT2D eigenvalue weighted by atomic mass is 16.5. The Morgan fingerprint density at radius 3 is 2.71 bits per heavy atom. The smallest absolute Gasteiger partial charge is 0.308 e. The lowest BCUT2D eigenvalue weighted by Gasteiger charge is -2.13. The van der Waals surface area contributed by atoms with Gasteiger partial charge in [-0.25, -0.2) is 0 Å². The lowest BCUT2D eigenvalue weighted by molar-refractivity contribution is -0.149. The van der Waals surface area contributed by atoms with E-state index in [1.165, 1.54) is 0 Å². The van der Waals surface area contributed by atoms with Crippen LogP contribution in [-0.4, -0.2) is 12.6 Å². The van der Waals surface area contributed by atoms with Gasteiger partial charge < -0.3 is 4.74 Å². The van der Waals surface area contributed by atoms with Gasteiger partial charge in [0.25, 0.3) is 0 Å². The predicted molar refractivity (Wildman–Crippen MR) is 56.9 cm³/mol. The molecule has 0 aliphatic heterocycles. The summed E-state index contributed by atoms with van der Waals surface area (Å²) in [5.41, 5.74) is 0. The van der Waals surface area contributed by atoms with Crippen molar-refractivity contribution in [1.29, 1.82) is 0 Å². The number of ether oxygens (including phenoxy) is 1. The second-order valence-corrected chi connectivity index (χ2v) is 4.13. The highest BCUT2D eigenvalue weighted by Gasteiger charge is 2.16. The van der Waals surface area contributed by atoms with Crippen LogP contribution < -0.4 is 0 Å². The van der Waals surface area contributed by atoms with E-state index >= 15 is 0 Å². The summed E-state index contributed by atoms with van der Waals surface area (Å²) in [6.07, 6.45) is 8.43. The number of rotatable bonds is 5. The molecule has 2 heteroatoms. The van der Waals surface area contributed by atoms with Gasteiger partial charge in [-0.15, -0.1) is 0 Å². The zero-order valence-electron chi connectivity index (χ0n) is 9.16. The van der Waals surface area contributed by atoms with Gasteiger partial charge in [0.2, 0.25) is 0 Å². The number of carbonyl (C=O) groups excluding carboxylic acids is 1. The van der Waals surface area contributed by atoms with E-state index in [1.807, 2.05) is 6.92 Å². The lowest BCUT2D eigenvalue weighted by Crippen LogP contribution is -2.18. The Morgan fingerprint density at radius 1 is 1.50 bits per heavy atom. The molecular formula is C12H20O2. The predicted octanol–water partition coefficient (Wildman–Crippen LogP) is 2.93. The van der Waals surface area contributed by atoms with Crippen LogP contribution in [-0.2, 0) is 9.53 Å². The third kappa shape index (κ3) is 3.52. The van der Waals surface area contributed by atoms with Crippen LogP contribution in [0.1, 0.15) is 39.5 Å². The molecule has 0 saturated carbocycles. The molecule has 1 atom stereocenters. The minimum Gasteiger partial charge on any atom is -0.465 e. The Labute approximate surface area is 86.3 Å². The molecule has 0 spiro atoms. The van der Waals surface area contributed by atoms with Crippen molar-refractivity contribution in [3.8, 4) is 0 Å². The molecule has 0 amide bonds. The minimum atomic E-state index is -0.0289. The van der Waals surface area contributed by atoms with Gasteiger partial charge in [0.05, 0.1) is 12.5 Å². The summed E-state index contributed by atoms with van der Waals surface area (Å²) in [7, 11) is 0. The van der Waals surface area contributed by atoms with Gasteiger partial charge in [-0.1, -0.05) is 32.4 Å². The molecule has 1 aliphatic carbocycles. The SMILES string of the molecule is CCCC(C)C(=O)OCC1CC=CC1. The van der Waals surface area contributed by atoms with Crippen molar-refractivity contribution < 1.29 is 9.53 Å². The Bertz CT molecular complexity index is 200. The molecule has 0 fully saturated rings. The van der Waals surface area contributed by atoms with Crippen molar-refractivity contribution in [2.24, 2.45) is 11.8 Å². The van der Waals surface area contributed by atoms with Gasteiger partial charge in [-0.3, -0.25) is 4.79 Å². The quantitative estimate of drug-likeness (QED) is 0.499. The first-order valence-corrected chi connectivity index (χ1v) is 5.55. The number of allylic oxidation sites excluding steroid dienone is 2. The number of hydrogen-bond acceptors (Lipinski definition) is 2. The fourth-order valence-corrected chi connectivity index (χ4v) is 1.70. The van der Waals surface area contributed by atoms with Crippen LogP contribution in [0.2, 0.25) is 0 Å². The molecule has 1 rings (SSSR count). The Kier molecular flexibility index (Phi) is 4.71. The fourth-order valence-electron chi connectivity index (χ4n) is 1.70. The summed E-state index contributed by atoms with van der Waals surface area (Å²) in [6, 6.07) is 0. The summed E-state index contributed by atoms with van der Waals surface area (Å²) < 4.78 is 5.26. The Morgan fingerprint density at radius 2 is 2.14 bits per heavy atom. The zero-order valence-corrected chi connectivity index (χ0v) is 9.16. The monoisotopic (exact) mass is 196 g/mol.